The molecule has 2 fully saturated rings. The van der Waals surface area contributed by atoms with Gasteiger partial charge in [-0.05, 0) is 51.0 Å². The van der Waals surface area contributed by atoms with Crippen molar-refractivity contribution in [2.75, 3.05) is 52.4 Å². The Labute approximate surface area is 162 Å². The van der Waals surface area contributed by atoms with Crippen LogP contribution in [0.3, 0.4) is 0 Å². The standard InChI is InChI=1S/C21H43N5/c1-6-22-20(24-17-21(9-8-10-21)15-18(3)4)23-16-19(5)26-13-11-25(7-2)12-14-26/h18-19H,6-17H2,1-5H3,(H2,22,23,24). The number of rotatable bonds is 9. The Hall–Kier alpha value is -0.810. The summed E-state index contributed by atoms with van der Waals surface area (Å²) in [5.74, 6) is 1.77. The van der Waals surface area contributed by atoms with E-state index in [0.717, 1.165) is 31.5 Å². The Kier molecular flexibility index (Phi) is 8.68. The van der Waals surface area contributed by atoms with Gasteiger partial charge in [0, 0.05) is 51.9 Å². The Morgan fingerprint density at radius 3 is 2.23 bits per heavy atom. The van der Waals surface area contributed by atoms with Crippen LogP contribution in [-0.4, -0.2) is 74.2 Å². The Morgan fingerprint density at radius 2 is 1.73 bits per heavy atom. The maximum Gasteiger partial charge on any atom is 0.191 e. The van der Waals surface area contributed by atoms with Gasteiger partial charge in [-0.1, -0.05) is 27.2 Å². The molecular weight excluding hydrogens is 322 g/mol. The summed E-state index contributed by atoms with van der Waals surface area (Å²) in [6, 6.07) is 0.547. The van der Waals surface area contributed by atoms with Crippen LogP contribution in [0.2, 0.25) is 0 Å². The third-order valence-electron chi connectivity index (χ3n) is 6.21. The molecule has 0 aromatic heterocycles. The van der Waals surface area contributed by atoms with Crippen LogP contribution >= 0.6 is 0 Å². The summed E-state index contributed by atoms with van der Waals surface area (Å²) in [5, 5.41) is 7.04. The van der Waals surface area contributed by atoms with E-state index in [2.05, 4.69) is 55.1 Å². The predicted octanol–water partition coefficient (Wildman–Crippen LogP) is 2.78. The Bertz CT molecular complexity index is 422. The van der Waals surface area contributed by atoms with Crippen LogP contribution < -0.4 is 10.6 Å². The highest BCUT2D eigenvalue weighted by Gasteiger charge is 2.37. The minimum absolute atomic E-state index is 0.471. The van der Waals surface area contributed by atoms with Crippen molar-refractivity contribution in [1.82, 2.24) is 20.4 Å². The normalized spacial score (nSPS) is 22.9. The summed E-state index contributed by atoms with van der Waals surface area (Å²) in [6.07, 6.45) is 5.40. The van der Waals surface area contributed by atoms with Crippen LogP contribution in [0.15, 0.2) is 4.99 Å². The van der Waals surface area contributed by atoms with Gasteiger partial charge in [0.05, 0.1) is 0 Å². The van der Waals surface area contributed by atoms with E-state index in [1.165, 1.54) is 58.4 Å². The lowest BCUT2D eigenvalue weighted by Gasteiger charge is -2.42. The van der Waals surface area contributed by atoms with Crippen molar-refractivity contribution < 1.29 is 0 Å². The molecule has 5 nitrogen and oxygen atoms in total. The minimum atomic E-state index is 0.471. The van der Waals surface area contributed by atoms with E-state index in [-0.39, 0.29) is 0 Å². The fraction of sp³-hybridized carbons (Fsp3) is 0.952. The molecule has 0 aromatic carbocycles. The van der Waals surface area contributed by atoms with Crippen molar-refractivity contribution in [3.63, 3.8) is 0 Å². The number of likely N-dealkylation sites (N-methyl/N-ethyl adjacent to an activating group) is 1. The molecule has 0 radical (unpaired) electrons. The maximum absolute atomic E-state index is 4.97. The third kappa shape index (κ3) is 6.41. The van der Waals surface area contributed by atoms with Crippen LogP contribution in [0, 0.1) is 11.3 Å². The van der Waals surface area contributed by atoms with Crippen molar-refractivity contribution in [3.05, 3.63) is 0 Å². The van der Waals surface area contributed by atoms with Gasteiger partial charge in [-0.25, -0.2) is 0 Å². The first-order valence-corrected chi connectivity index (χ1v) is 11.0. The number of aliphatic imine (C=N–C) groups is 1. The molecule has 1 heterocycles. The molecule has 152 valence electrons. The Balaban J connectivity index is 1.81. The van der Waals surface area contributed by atoms with Crippen molar-refractivity contribution in [1.29, 1.82) is 0 Å². The first-order valence-electron chi connectivity index (χ1n) is 11.0. The van der Waals surface area contributed by atoms with Crippen LogP contribution in [-0.2, 0) is 0 Å². The second-order valence-electron chi connectivity index (χ2n) is 8.85. The first-order chi connectivity index (χ1) is 12.5. The molecule has 2 rings (SSSR count). The van der Waals surface area contributed by atoms with Gasteiger partial charge in [0.15, 0.2) is 5.96 Å². The second kappa shape index (κ2) is 10.5. The number of nitrogens with zero attached hydrogens (tertiary/aromatic N) is 3. The molecule has 2 N–H and O–H groups in total. The van der Waals surface area contributed by atoms with E-state index in [0.29, 0.717) is 11.5 Å². The highest BCUT2D eigenvalue weighted by Crippen LogP contribution is 2.46. The lowest BCUT2D eigenvalue weighted by Crippen LogP contribution is -2.53. The lowest BCUT2D eigenvalue weighted by atomic mass is 9.64. The van der Waals surface area contributed by atoms with E-state index in [9.17, 15) is 0 Å². The SMILES string of the molecule is CCNC(=NCC1(CC(C)C)CCC1)NCC(C)N1CCN(CC)CC1. The van der Waals surface area contributed by atoms with Crippen LogP contribution in [0.5, 0.6) is 0 Å². The lowest BCUT2D eigenvalue weighted by molar-refractivity contribution is 0.106. The van der Waals surface area contributed by atoms with Crippen LogP contribution in [0.1, 0.15) is 60.3 Å². The van der Waals surface area contributed by atoms with Crippen LogP contribution in [0.25, 0.3) is 0 Å². The summed E-state index contributed by atoms with van der Waals surface area (Å²) >= 11 is 0. The zero-order chi connectivity index (χ0) is 19.0. The predicted molar refractivity (Wildman–Crippen MR) is 113 cm³/mol. The molecule has 1 unspecified atom stereocenters. The largest absolute Gasteiger partial charge is 0.357 e. The summed E-state index contributed by atoms with van der Waals surface area (Å²) in [5.41, 5.74) is 0.471. The van der Waals surface area contributed by atoms with Gasteiger partial charge in [-0.3, -0.25) is 9.89 Å². The van der Waals surface area contributed by atoms with Gasteiger partial charge in [-0.15, -0.1) is 0 Å². The molecule has 2 aliphatic rings. The third-order valence-corrected chi connectivity index (χ3v) is 6.21. The molecule has 0 aromatic rings. The molecular formula is C21H43N5. The van der Waals surface area contributed by atoms with Gasteiger partial charge in [0.25, 0.3) is 0 Å². The highest BCUT2D eigenvalue weighted by molar-refractivity contribution is 5.79. The van der Waals surface area contributed by atoms with Gasteiger partial charge in [-0.2, -0.15) is 0 Å². The second-order valence-corrected chi connectivity index (χ2v) is 8.85. The van der Waals surface area contributed by atoms with E-state index in [1.807, 2.05) is 0 Å². The highest BCUT2D eigenvalue weighted by atomic mass is 15.3. The number of hydrogen-bond acceptors (Lipinski definition) is 3. The molecule has 5 heteroatoms. The zero-order valence-corrected chi connectivity index (χ0v) is 18.0. The molecule has 0 amide bonds. The average molecular weight is 366 g/mol. The topological polar surface area (TPSA) is 42.9 Å². The van der Waals surface area contributed by atoms with E-state index < -0.39 is 0 Å². The van der Waals surface area contributed by atoms with Crippen molar-refractivity contribution in [3.8, 4) is 0 Å². The van der Waals surface area contributed by atoms with Gasteiger partial charge < -0.3 is 15.5 Å². The fourth-order valence-corrected chi connectivity index (χ4v) is 4.45. The number of piperazine rings is 1. The molecule has 1 saturated carbocycles. The Morgan fingerprint density at radius 1 is 1.04 bits per heavy atom. The summed E-state index contributed by atoms with van der Waals surface area (Å²) in [6.45, 7) is 20.2. The first kappa shape index (κ1) is 21.5. The molecule has 1 aliphatic carbocycles. The van der Waals surface area contributed by atoms with Crippen molar-refractivity contribution in [2.45, 2.75) is 66.3 Å². The number of hydrogen-bond donors (Lipinski definition) is 2. The summed E-state index contributed by atoms with van der Waals surface area (Å²) < 4.78 is 0. The van der Waals surface area contributed by atoms with Crippen LogP contribution in [0.4, 0.5) is 0 Å². The summed E-state index contributed by atoms with van der Waals surface area (Å²) in [7, 11) is 0. The monoisotopic (exact) mass is 365 g/mol. The number of nitrogens with one attached hydrogen (secondary N) is 2. The number of guanidine groups is 1. The molecule has 1 atom stereocenters. The van der Waals surface area contributed by atoms with Crippen molar-refractivity contribution in [2.24, 2.45) is 16.3 Å². The zero-order valence-electron chi connectivity index (χ0n) is 18.0. The average Bonchev–Trinajstić information content (AvgIpc) is 2.61. The van der Waals surface area contributed by atoms with Gasteiger partial charge in [0.2, 0.25) is 0 Å². The van der Waals surface area contributed by atoms with Gasteiger partial charge >= 0.3 is 0 Å². The molecule has 26 heavy (non-hydrogen) atoms. The molecule has 0 spiro atoms. The maximum atomic E-state index is 4.97. The fourth-order valence-electron chi connectivity index (χ4n) is 4.45. The van der Waals surface area contributed by atoms with Gasteiger partial charge in [0.1, 0.15) is 0 Å². The summed E-state index contributed by atoms with van der Waals surface area (Å²) in [4.78, 5) is 10.1. The van der Waals surface area contributed by atoms with Crippen molar-refractivity contribution >= 4 is 5.96 Å². The quantitative estimate of drug-likeness (QED) is 0.487. The molecule has 1 aliphatic heterocycles. The molecule has 0 bridgehead atoms. The molecule has 1 saturated heterocycles. The van der Waals surface area contributed by atoms with E-state index in [1.54, 1.807) is 0 Å². The van der Waals surface area contributed by atoms with E-state index >= 15 is 0 Å². The minimum Gasteiger partial charge on any atom is -0.357 e. The smallest absolute Gasteiger partial charge is 0.191 e. The van der Waals surface area contributed by atoms with E-state index in [4.69, 9.17) is 4.99 Å².